The molecule has 0 radical (unpaired) electrons. The van der Waals surface area contributed by atoms with Crippen LogP contribution in [-0.2, 0) is 16.5 Å². The highest BCUT2D eigenvalue weighted by Crippen LogP contribution is 2.32. The van der Waals surface area contributed by atoms with Crippen LogP contribution in [0.2, 0.25) is 0 Å². The zero-order chi connectivity index (χ0) is 20.0. The van der Waals surface area contributed by atoms with Gasteiger partial charge in [0.05, 0.1) is 0 Å². The Morgan fingerprint density at radius 2 is 1.93 bits per heavy atom. The van der Waals surface area contributed by atoms with Gasteiger partial charge in [-0.2, -0.15) is 8.42 Å². The molecule has 0 aliphatic carbocycles. The Morgan fingerprint density at radius 3 is 2.39 bits per heavy atom. The zero-order valence-electron chi connectivity index (χ0n) is 16.2. The van der Waals surface area contributed by atoms with Crippen molar-refractivity contribution in [2.75, 3.05) is 20.1 Å². The van der Waals surface area contributed by atoms with Crippen LogP contribution in [0.15, 0.2) is 27.2 Å². The molecule has 0 bridgehead atoms. The van der Waals surface area contributed by atoms with E-state index in [0.717, 1.165) is 22.9 Å². The van der Waals surface area contributed by atoms with Gasteiger partial charge in [0, 0.05) is 27.7 Å². The minimum Gasteiger partial charge on any atom is -0.326 e. The molecule has 7 nitrogen and oxygen atoms in total. The maximum atomic E-state index is 11.6. The molecule has 0 aromatic carbocycles. The second-order valence-corrected chi connectivity index (χ2v) is 9.15. The largest absolute Gasteiger partial charge is 0.326 e. The Bertz CT molecular complexity index is 919. The van der Waals surface area contributed by atoms with Gasteiger partial charge in [-0.15, -0.1) is 23.7 Å². The van der Waals surface area contributed by atoms with Crippen molar-refractivity contribution >= 4 is 33.9 Å². The lowest BCUT2D eigenvalue weighted by molar-refractivity contribution is 0.409. The summed E-state index contributed by atoms with van der Waals surface area (Å²) in [5.74, 6) is 0. The standard InChI is InChI=1S/C12H13NO4S2.C6H14N2.ClH/c1-3-8-6-9(7(2)13-12(8)14)10-4-5-11(18-10)19(15,16)17;1-7-6-2-4-8-5-3-6;/h4-6H,3H2,1-2H3,(H,13,14)(H,15,16,17);6-8H,2-5H2,1H3;1H. The third-order valence-electron chi connectivity index (χ3n) is 4.54. The highest BCUT2D eigenvalue weighted by Gasteiger charge is 2.15. The Hall–Kier alpha value is -1.23. The number of aryl methyl sites for hydroxylation is 2. The van der Waals surface area contributed by atoms with Gasteiger partial charge in [-0.05, 0) is 64.5 Å². The number of hydrogen-bond acceptors (Lipinski definition) is 6. The summed E-state index contributed by atoms with van der Waals surface area (Å²) in [4.78, 5) is 15.1. The number of thiophene rings is 1. The molecule has 0 atom stereocenters. The smallest absolute Gasteiger partial charge is 0.304 e. The van der Waals surface area contributed by atoms with Crippen LogP contribution < -0.4 is 16.2 Å². The normalized spacial score (nSPS) is 14.7. The third kappa shape index (κ3) is 6.68. The van der Waals surface area contributed by atoms with E-state index in [-0.39, 0.29) is 22.2 Å². The Morgan fingerprint density at radius 1 is 1.29 bits per heavy atom. The summed E-state index contributed by atoms with van der Waals surface area (Å²) >= 11 is 0.972. The SMILES string of the molecule is CCc1cc(-c2ccc(S(=O)(=O)O)s2)c(C)[nH]c1=O.CNC1CCNCC1.Cl. The summed E-state index contributed by atoms with van der Waals surface area (Å²) in [6.07, 6.45) is 3.17. The number of pyridine rings is 1. The molecule has 28 heavy (non-hydrogen) atoms. The average molecular weight is 450 g/mol. The highest BCUT2D eigenvalue weighted by atomic mass is 35.5. The van der Waals surface area contributed by atoms with Crippen LogP contribution in [-0.4, -0.2) is 44.1 Å². The van der Waals surface area contributed by atoms with E-state index in [1.54, 1.807) is 19.1 Å². The van der Waals surface area contributed by atoms with Crippen LogP contribution in [0.3, 0.4) is 0 Å². The van der Waals surface area contributed by atoms with Crippen molar-refractivity contribution in [2.24, 2.45) is 0 Å². The van der Waals surface area contributed by atoms with Crippen LogP contribution in [0, 0.1) is 6.92 Å². The van der Waals surface area contributed by atoms with Crippen LogP contribution >= 0.6 is 23.7 Å². The first-order valence-electron chi connectivity index (χ1n) is 8.94. The molecule has 10 heteroatoms. The Balaban J connectivity index is 0.000000367. The quantitative estimate of drug-likeness (QED) is 0.534. The Labute approximate surface area is 176 Å². The minimum absolute atomic E-state index is 0. The van der Waals surface area contributed by atoms with E-state index in [1.807, 2.05) is 14.0 Å². The molecule has 158 valence electrons. The fourth-order valence-electron chi connectivity index (χ4n) is 2.90. The molecule has 1 aliphatic rings. The third-order valence-corrected chi connectivity index (χ3v) is 6.98. The van der Waals surface area contributed by atoms with Gasteiger partial charge in [0.2, 0.25) is 0 Å². The molecule has 1 fully saturated rings. The second-order valence-electron chi connectivity index (χ2n) is 6.42. The van der Waals surface area contributed by atoms with E-state index in [4.69, 9.17) is 4.55 Å². The number of H-pyrrole nitrogens is 1. The molecule has 4 N–H and O–H groups in total. The molecule has 1 saturated heterocycles. The minimum atomic E-state index is -4.18. The number of aromatic amines is 1. The van der Waals surface area contributed by atoms with Crippen molar-refractivity contribution < 1.29 is 13.0 Å². The molecule has 0 saturated carbocycles. The lowest BCUT2D eigenvalue weighted by Crippen LogP contribution is -2.37. The number of piperidine rings is 1. The number of rotatable bonds is 4. The monoisotopic (exact) mass is 449 g/mol. The summed E-state index contributed by atoms with van der Waals surface area (Å²) in [5, 5.41) is 6.57. The van der Waals surface area contributed by atoms with Crippen molar-refractivity contribution in [1.82, 2.24) is 15.6 Å². The van der Waals surface area contributed by atoms with E-state index < -0.39 is 10.1 Å². The number of nitrogens with one attached hydrogen (secondary N) is 3. The molecular weight excluding hydrogens is 422 g/mol. The lowest BCUT2D eigenvalue weighted by Gasteiger charge is -2.21. The van der Waals surface area contributed by atoms with Crippen molar-refractivity contribution in [2.45, 2.75) is 43.4 Å². The molecule has 2 aromatic rings. The van der Waals surface area contributed by atoms with Gasteiger partial charge in [0.1, 0.15) is 4.21 Å². The predicted molar refractivity (Wildman–Crippen MR) is 117 cm³/mol. The van der Waals surface area contributed by atoms with E-state index in [9.17, 15) is 13.2 Å². The summed E-state index contributed by atoms with van der Waals surface area (Å²) in [7, 11) is -2.14. The first kappa shape index (κ1) is 24.8. The second kappa shape index (κ2) is 11.1. The first-order chi connectivity index (χ1) is 12.8. The first-order valence-corrected chi connectivity index (χ1v) is 11.2. The molecule has 2 aromatic heterocycles. The number of aromatic nitrogens is 1. The van der Waals surface area contributed by atoms with Gasteiger partial charge in [-0.25, -0.2) is 0 Å². The van der Waals surface area contributed by atoms with E-state index in [0.29, 0.717) is 22.6 Å². The van der Waals surface area contributed by atoms with Gasteiger partial charge in [0.25, 0.3) is 5.56 Å². The van der Waals surface area contributed by atoms with Crippen LogP contribution in [0.25, 0.3) is 10.4 Å². The van der Waals surface area contributed by atoms with E-state index >= 15 is 0 Å². The van der Waals surface area contributed by atoms with Crippen molar-refractivity contribution in [3.05, 3.63) is 39.8 Å². The van der Waals surface area contributed by atoms with Crippen molar-refractivity contribution in [1.29, 1.82) is 0 Å². The van der Waals surface area contributed by atoms with Crippen molar-refractivity contribution in [3.8, 4) is 10.4 Å². The summed E-state index contributed by atoms with van der Waals surface area (Å²) in [6, 6.07) is 5.50. The molecule has 0 unspecified atom stereocenters. The summed E-state index contributed by atoms with van der Waals surface area (Å²) in [6.45, 7) is 6.00. The van der Waals surface area contributed by atoms with Crippen LogP contribution in [0.1, 0.15) is 31.0 Å². The van der Waals surface area contributed by atoms with Crippen LogP contribution in [0.5, 0.6) is 0 Å². The fourth-order valence-corrected chi connectivity index (χ4v) is 4.64. The molecule has 3 rings (SSSR count). The molecular formula is C18H28ClN3O4S2. The van der Waals surface area contributed by atoms with E-state index in [2.05, 4.69) is 15.6 Å². The van der Waals surface area contributed by atoms with Crippen molar-refractivity contribution in [3.63, 3.8) is 0 Å². The van der Waals surface area contributed by atoms with Gasteiger partial charge in [-0.3, -0.25) is 9.35 Å². The summed E-state index contributed by atoms with van der Waals surface area (Å²) < 4.78 is 31.0. The zero-order valence-corrected chi connectivity index (χ0v) is 18.7. The molecule has 1 aliphatic heterocycles. The average Bonchev–Trinajstić information content (AvgIpc) is 3.13. The van der Waals surface area contributed by atoms with Gasteiger partial charge < -0.3 is 15.6 Å². The number of halogens is 1. The highest BCUT2D eigenvalue weighted by molar-refractivity contribution is 7.88. The fraction of sp³-hybridized carbons (Fsp3) is 0.500. The Kier molecular flexibility index (Phi) is 9.82. The lowest BCUT2D eigenvalue weighted by atomic mass is 10.1. The van der Waals surface area contributed by atoms with Gasteiger partial charge in [-0.1, -0.05) is 6.92 Å². The van der Waals surface area contributed by atoms with Gasteiger partial charge in [0.15, 0.2) is 0 Å². The molecule has 0 spiro atoms. The maximum absolute atomic E-state index is 11.6. The molecule has 3 heterocycles. The number of hydrogen-bond donors (Lipinski definition) is 4. The summed E-state index contributed by atoms with van der Waals surface area (Å²) in [5.41, 5.74) is 1.96. The van der Waals surface area contributed by atoms with E-state index in [1.165, 1.54) is 32.0 Å². The van der Waals surface area contributed by atoms with Crippen LogP contribution in [0.4, 0.5) is 0 Å². The van der Waals surface area contributed by atoms with Gasteiger partial charge >= 0.3 is 10.1 Å². The topological polar surface area (TPSA) is 111 Å². The predicted octanol–water partition coefficient (Wildman–Crippen LogP) is 2.60. The molecule has 0 amide bonds. The maximum Gasteiger partial charge on any atom is 0.304 e.